The average molecular weight is 437 g/mol. The van der Waals surface area contributed by atoms with Crippen LogP contribution in [-0.2, 0) is 16.1 Å². The van der Waals surface area contributed by atoms with E-state index in [4.69, 9.17) is 9.47 Å². The Labute approximate surface area is 190 Å². The minimum Gasteiger partial charge on any atom is -0.497 e. The molecular weight excluding hydrogens is 404 g/mol. The summed E-state index contributed by atoms with van der Waals surface area (Å²) in [5.74, 6) is 1.45. The van der Waals surface area contributed by atoms with Gasteiger partial charge in [-0.25, -0.2) is 0 Å². The van der Waals surface area contributed by atoms with Gasteiger partial charge in [0.25, 0.3) is 0 Å². The molecule has 0 bridgehead atoms. The summed E-state index contributed by atoms with van der Waals surface area (Å²) in [4.78, 5) is 29.6. The molecule has 0 N–H and O–H groups in total. The van der Waals surface area contributed by atoms with E-state index in [1.165, 1.54) is 0 Å². The van der Waals surface area contributed by atoms with Gasteiger partial charge >= 0.3 is 0 Å². The highest BCUT2D eigenvalue weighted by Crippen LogP contribution is 2.22. The number of ether oxygens (including phenoxy) is 2. The first-order valence-electron chi connectivity index (χ1n) is 11.1. The molecule has 0 radical (unpaired) electrons. The van der Waals surface area contributed by atoms with Gasteiger partial charge in [-0.05, 0) is 42.7 Å². The molecule has 1 fully saturated rings. The molecule has 6 heteroatoms. The van der Waals surface area contributed by atoms with Crippen LogP contribution < -0.4 is 9.47 Å². The van der Waals surface area contributed by atoms with Gasteiger partial charge in [-0.1, -0.05) is 36.4 Å². The fraction of sp³-hybridized carbons (Fsp3) is 0.385. The zero-order valence-electron chi connectivity index (χ0n) is 18.7. The van der Waals surface area contributed by atoms with Crippen molar-refractivity contribution in [2.45, 2.75) is 25.8 Å². The van der Waals surface area contributed by atoms with Crippen molar-refractivity contribution < 1.29 is 19.1 Å². The number of hydrogen-bond donors (Lipinski definition) is 0. The molecule has 1 aliphatic heterocycles. The van der Waals surface area contributed by atoms with Gasteiger partial charge in [0.1, 0.15) is 11.5 Å². The van der Waals surface area contributed by atoms with Crippen LogP contribution in [0.3, 0.4) is 0 Å². The van der Waals surface area contributed by atoms with Gasteiger partial charge in [0, 0.05) is 26.2 Å². The normalized spacial score (nSPS) is 15.7. The summed E-state index contributed by atoms with van der Waals surface area (Å²) < 4.78 is 10.9. The number of carbonyl (C=O) groups is 2. The van der Waals surface area contributed by atoms with Crippen molar-refractivity contribution in [3.63, 3.8) is 0 Å². The predicted octanol–water partition coefficient (Wildman–Crippen LogP) is 3.92. The summed E-state index contributed by atoms with van der Waals surface area (Å²) in [6.07, 6.45) is 3.66. The zero-order chi connectivity index (χ0) is 22.8. The van der Waals surface area contributed by atoms with Crippen molar-refractivity contribution in [1.29, 1.82) is 0 Å². The molecule has 1 aliphatic rings. The van der Waals surface area contributed by atoms with E-state index in [2.05, 4.69) is 6.58 Å². The van der Waals surface area contributed by atoms with Crippen LogP contribution in [0.5, 0.6) is 11.5 Å². The third-order valence-corrected chi connectivity index (χ3v) is 5.64. The van der Waals surface area contributed by atoms with E-state index < -0.39 is 0 Å². The molecule has 2 aromatic carbocycles. The number of hydrogen-bond acceptors (Lipinski definition) is 4. The maximum Gasteiger partial charge on any atom is 0.228 e. The van der Waals surface area contributed by atoms with Crippen molar-refractivity contribution in [2.24, 2.45) is 5.92 Å². The molecule has 2 amide bonds. The SMILES string of the molecule is C=CCN(Cc1ccc(OC)cc1)C(=O)C1CCCN(C(=O)CCOc2ccccc2)C1. The second-order valence-corrected chi connectivity index (χ2v) is 7.95. The molecule has 0 spiro atoms. The van der Waals surface area contributed by atoms with Gasteiger partial charge < -0.3 is 19.3 Å². The molecule has 1 unspecified atom stereocenters. The van der Waals surface area contributed by atoms with Crippen molar-refractivity contribution in [3.8, 4) is 11.5 Å². The monoisotopic (exact) mass is 436 g/mol. The van der Waals surface area contributed by atoms with Crippen LogP contribution in [0.2, 0.25) is 0 Å². The maximum absolute atomic E-state index is 13.3. The maximum atomic E-state index is 13.3. The third-order valence-electron chi connectivity index (χ3n) is 5.64. The number of para-hydroxylation sites is 1. The fourth-order valence-corrected chi connectivity index (χ4v) is 3.93. The number of nitrogens with zero attached hydrogens (tertiary/aromatic N) is 2. The van der Waals surface area contributed by atoms with Gasteiger partial charge in [-0.3, -0.25) is 9.59 Å². The number of likely N-dealkylation sites (tertiary alicyclic amines) is 1. The molecule has 32 heavy (non-hydrogen) atoms. The molecular formula is C26H32N2O4. The Kier molecular flexibility index (Phi) is 8.72. The van der Waals surface area contributed by atoms with Crippen LogP contribution >= 0.6 is 0 Å². The van der Waals surface area contributed by atoms with Crippen LogP contribution in [0, 0.1) is 5.92 Å². The van der Waals surface area contributed by atoms with Crippen molar-refractivity contribution in [2.75, 3.05) is 33.4 Å². The number of carbonyl (C=O) groups excluding carboxylic acids is 2. The molecule has 170 valence electrons. The first-order valence-corrected chi connectivity index (χ1v) is 11.1. The van der Waals surface area contributed by atoms with Gasteiger partial charge in [0.2, 0.25) is 11.8 Å². The van der Waals surface area contributed by atoms with Gasteiger partial charge in [-0.2, -0.15) is 0 Å². The van der Waals surface area contributed by atoms with Crippen LogP contribution in [-0.4, -0.2) is 55.0 Å². The Bertz CT molecular complexity index is 882. The van der Waals surface area contributed by atoms with Crippen molar-refractivity contribution >= 4 is 11.8 Å². The summed E-state index contributed by atoms with van der Waals surface area (Å²) in [6, 6.07) is 17.2. The van der Waals surface area contributed by atoms with E-state index in [0.717, 1.165) is 29.9 Å². The second-order valence-electron chi connectivity index (χ2n) is 7.95. The van der Waals surface area contributed by atoms with Gasteiger partial charge in [0.15, 0.2) is 0 Å². The highest BCUT2D eigenvalue weighted by molar-refractivity contribution is 5.81. The van der Waals surface area contributed by atoms with E-state index >= 15 is 0 Å². The highest BCUT2D eigenvalue weighted by atomic mass is 16.5. The summed E-state index contributed by atoms with van der Waals surface area (Å²) in [5.41, 5.74) is 1.03. The zero-order valence-corrected chi connectivity index (χ0v) is 18.7. The Balaban J connectivity index is 1.54. The van der Waals surface area contributed by atoms with Crippen LogP contribution in [0.15, 0.2) is 67.3 Å². The minimum absolute atomic E-state index is 0.0313. The molecule has 3 rings (SSSR count). The van der Waals surface area contributed by atoms with E-state index in [9.17, 15) is 9.59 Å². The van der Waals surface area contributed by atoms with Crippen LogP contribution in [0.25, 0.3) is 0 Å². The molecule has 1 atom stereocenters. The number of benzene rings is 2. The lowest BCUT2D eigenvalue weighted by Gasteiger charge is -2.35. The average Bonchev–Trinajstić information content (AvgIpc) is 2.84. The summed E-state index contributed by atoms with van der Waals surface area (Å²) >= 11 is 0. The molecule has 6 nitrogen and oxygen atoms in total. The Morgan fingerprint density at radius 2 is 1.88 bits per heavy atom. The van der Waals surface area contributed by atoms with E-state index in [1.54, 1.807) is 18.1 Å². The fourth-order valence-electron chi connectivity index (χ4n) is 3.93. The minimum atomic E-state index is -0.194. The van der Waals surface area contributed by atoms with Crippen molar-refractivity contribution in [3.05, 3.63) is 72.8 Å². The van der Waals surface area contributed by atoms with E-state index in [1.807, 2.05) is 59.5 Å². The molecule has 1 saturated heterocycles. The molecule has 0 saturated carbocycles. The summed E-state index contributed by atoms with van der Waals surface area (Å²) in [7, 11) is 1.63. The number of piperidine rings is 1. The number of rotatable bonds is 10. The lowest BCUT2D eigenvalue weighted by atomic mass is 9.96. The smallest absolute Gasteiger partial charge is 0.228 e. The third kappa shape index (κ3) is 6.61. The number of methoxy groups -OCH3 is 1. The van der Waals surface area contributed by atoms with Crippen LogP contribution in [0.4, 0.5) is 0 Å². The lowest BCUT2D eigenvalue weighted by Crippen LogP contribution is -2.46. The topological polar surface area (TPSA) is 59.1 Å². The highest BCUT2D eigenvalue weighted by Gasteiger charge is 2.31. The standard InChI is InChI=1S/C26H32N2O4/c1-3-16-28(19-21-11-13-23(31-2)14-12-21)26(30)22-8-7-17-27(20-22)25(29)15-18-32-24-9-5-4-6-10-24/h3-6,9-14,22H,1,7-8,15-20H2,2H3. The number of amides is 2. The van der Waals surface area contributed by atoms with E-state index in [-0.39, 0.29) is 17.7 Å². The van der Waals surface area contributed by atoms with Crippen molar-refractivity contribution in [1.82, 2.24) is 9.80 Å². The molecule has 0 aromatic heterocycles. The Hall–Kier alpha value is -3.28. The molecule has 1 heterocycles. The quantitative estimate of drug-likeness (QED) is 0.530. The molecule has 0 aliphatic carbocycles. The van der Waals surface area contributed by atoms with Gasteiger partial charge in [-0.15, -0.1) is 6.58 Å². The van der Waals surface area contributed by atoms with Crippen LogP contribution in [0.1, 0.15) is 24.8 Å². The summed E-state index contributed by atoms with van der Waals surface area (Å²) in [5, 5.41) is 0. The summed E-state index contributed by atoms with van der Waals surface area (Å²) in [6.45, 7) is 6.26. The largest absolute Gasteiger partial charge is 0.497 e. The second kappa shape index (κ2) is 11.9. The Morgan fingerprint density at radius 1 is 1.12 bits per heavy atom. The Morgan fingerprint density at radius 3 is 2.56 bits per heavy atom. The van der Waals surface area contributed by atoms with Gasteiger partial charge in [0.05, 0.1) is 26.1 Å². The lowest BCUT2D eigenvalue weighted by molar-refractivity contribution is -0.141. The first-order chi connectivity index (χ1) is 15.6. The molecule has 2 aromatic rings. The first kappa shape index (κ1) is 23.4. The van der Waals surface area contributed by atoms with E-state index in [0.29, 0.717) is 39.2 Å². The predicted molar refractivity (Wildman–Crippen MR) is 124 cm³/mol.